The van der Waals surface area contributed by atoms with Crippen LogP contribution >= 0.6 is 0 Å². The van der Waals surface area contributed by atoms with Gasteiger partial charge < -0.3 is 13.7 Å². The molecule has 0 aliphatic rings. The molecule has 0 unspecified atom stereocenters. The first-order valence-electron chi connectivity index (χ1n) is 18.0. The van der Waals surface area contributed by atoms with Gasteiger partial charge in [0.05, 0.1) is 0 Å². The van der Waals surface area contributed by atoms with Gasteiger partial charge in [-0.2, -0.15) is 0 Å². The van der Waals surface area contributed by atoms with Crippen molar-refractivity contribution in [2.24, 2.45) is 0 Å². The highest BCUT2D eigenvalue weighted by molar-refractivity contribution is 6.20. The van der Waals surface area contributed by atoms with E-state index in [2.05, 4.69) is 181 Å². The van der Waals surface area contributed by atoms with E-state index in [9.17, 15) is 0 Å². The monoisotopic (exact) mass is 677 g/mol. The van der Waals surface area contributed by atoms with Crippen LogP contribution in [0.15, 0.2) is 197 Å². The molecule has 0 aliphatic carbocycles. The summed E-state index contributed by atoms with van der Waals surface area (Å²) in [6, 6.07) is 66.8. The summed E-state index contributed by atoms with van der Waals surface area (Å²) in [6.45, 7) is 0. The van der Waals surface area contributed by atoms with Crippen molar-refractivity contribution in [2.75, 3.05) is 4.90 Å². The summed E-state index contributed by atoms with van der Waals surface area (Å²) in [5.74, 6) is 0. The second-order valence-corrected chi connectivity index (χ2v) is 13.7. The quantitative estimate of drug-likeness (QED) is 0.182. The first-order chi connectivity index (χ1) is 26.2. The van der Waals surface area contributed by atoms with E-state index in [1.165, 1.54) is 32.7 Å². The highest BCUT2D eigenvalue weighted by Crippen LogP contribution is 2.42. The van der Waals surface area contributed by atoms with Crippen molar-refractivity contribution < 1.29 is 8.83 Å². The van der Waals surface area contributed by atoms with Crippen molar-refractivity contribution >= 4 is 82.5 Å². The smallest absolute Gasteiger partial charge is 0.137 e. The zero-order chi connectivity index (χ0) is 34.9. The Labute approximate surface area is 305 Å². The van der Waals surface area contributed by atoms with Gasteiger partial charge in [0, 0.05) is 44.7 Å². The molecule has 11 aromatic rings. The molecule has 0 spiro atoms. The van der Waals surface area contributed by atoms with Crippen molar-refractivity contribution in [1.82, 2.24) is 0 Å². The molecule has 0 saturated heterocycles. The van der Waals surface area contributed by atoms with Gasteiger partial charge in [-0.05, 0) is 104 Å². The lowest BCUT2D eigenvalue weighted by Crippen LogP contribution is -2.09. The molecule has 2 heterocycles. The lowest BCUT2D eigenvalue weighted by Gasteiger charge is -2.26. The molecule has 9 aromatic carbocycles. The highest BCUT2D eigenvalue weighted by atomic mass is 16.3. The average molecular weight is 678 g/mol. The van der Waals surface area contributed by atoms with Gasteiger partial charge in [0.15, 0.2) is 0 Å². The van der Waals surface area contributed by atoms with Crippen LogP contribution in [-0.4, -0.2) is 0 Å². The molecule has 0 fully saturated rings. The van der Waals surface area contributed by atoms with Gasteiger partial charge in [-0.1, -0.05) is 121 Å². The van der Waals surface area contributed by atoms with Gasteiger partial charge in [-0.3, -0.25) is 0 Å². The third-order valence-electron chi connectivity index (χ3n) is 10.7. The first-order valence-corrected chi connectivity index (χ1v) is 18.0. The molecule has 0 radical (unpaired) electrons. The van der Waals surface area contributed by atoms with E-state index in [-0.39, 0.29) is 0 Å². The SMILES string of the molecule is c1ccc(-c2ccc(N(c3ccc(-c4ccc5ccc6oc7ccccc7c6c5c4)cc3)c3ccc4c(c3)oc3ccc5ccccc5c34)cc2)cc1. The van der Waals surface area contributed by atoms with Crippen molar-refractivity contribution in [2.45, 2.75) is 0 Å². The maximum Gasteiger partial charge on any atom is 0.137 e. The number of benzene rings is 9. The number of anilines is 3. The van der Waals surface area contributed by atoms with E-state index in [4.69, 9.17) is 8.83 Å². The molecule has 0 aliphatic heterocycles. The predicted molar refractivity (Wildman–Crippen MR) is 222 cm³/mol. The minimum Gasteiger partial charge on any atom is -0.456 e. The van der Waals surface area contributed by atoms with Crippen LogP contribution in [0.5, 0.6) is 0 Å². The van der Waals surface area contributed by atoms with Crippen molar-refractivity contribution in [3.63, 3.8) is 0 Å². The van der Waals surface area contributed by atoms with Gasteiger partial charge in [0.2, 0.25) is 0 Å². The number of para-hydroxylation sites is 1. The maximum atomic E-state index is 6.53. The number of fused-ring (bicyclic) bond motifs is 10. The molecule has 0 N–H and O–H groups in total. The normalized spacial score (nSPS) is 11.8. The molecule has 11 rings (SSSR count). The molecule has 3 nitrogen and oxygen atoms in total. The first kappa shape index (κ1) is 29.6. The lowest BCUT2D eigenvalue weighted by molar-refractivity contribution is 0.669. The topological polar surface area (TPSA) is 29.5 Å². The van der Waals surface area contributed by atoms with E-state index in [1.54, 1.807) is 0 Å². The van der Waals surface area contributed by atoms with Crippen LogP contribution in [0.2, 0.25) is 0 Å². The molecular formula is C50H31NO2. The maximum absolute atomic E-state index is 6.53. The Morgan fingerprint density at radius 1 is 0.283 bits per heavy atom. The standard InChI is InChI=1S/C50H31NO2/c1-2-8-32(9-3-1)33-16-22-38(23-17-33)51(40-26-27-43-48(31-40)53-46-28-20-35-10-4-5-11-41(35)49(43)46)39-24-18-34(19-25-39)37-15-14-36-21-29-47-50(44(36)30-37)42-12-6-7-13-45(42)52-47/h1-31H. The molecule has 0 amide bonds. The van der Waals surface area contributed by atoms with Crippen LogP contribution in [0.4, 0.5) is 17.1 Å². The molecule has 53 heavy (non-hydrogen) atoms. The number of rotatable bonds is 5. The van der Waals surface area contributed by atoms with Gasteiger partial charge in [0.1, 0.15) is 22.3 Å². The number of furan rings is 2. The number of hydrogen-bond acceptors (Lipinski definition) is 3. The Morgan fingerprint density at radius 2 is 0.792 bits per heavy atom. The zero-order valence-electron chi connectivity index (χ0n) is 28.7. The van der Waals surface area contributed by atoms with E-state index < -0.39 is 0 Å². The molecular weight excluding hydrogens is 647 g/mol. The van der Waals surface area contributed by atoms with Gasteiger partial charge in [-0.25, -0.2) is 0 Å². The van der Waals surface area contributed by atoms with Crippen LogP contribution in [0.3, 0.4) is 0 Å². The lowest BCUT2D eigenvalue weighted by atomic mass is 9.98. The summed E-state index contributed by atoms with van der Waals surface area (Å²) in [5.41, 5.74) is 11.4. The fraction of sp³-hybridized carbons (Fsp3) is 0. The third-order valence-corrected chi connectivity index (χ3v) is 10.7. The summed E-state index contributed by atoms with van der Waals surface area (Å²) in [6.07, 6.45) is 0. The van der Waals surface area contributed by atoms with E-state index in [0.29, 0.717) is 0 Å². The van der Waals surface area contributed by atoms with E-state index in [1.807, 2.05) is 12.1 Å². The molecule has 248 valence electrons. The summed E-state index contributed by atoms with van der Waals surface area (Å²) >= 11 is 0. The van der Waals surface area contributed by atoms with E-state index >= 15 is 0 Å². The number of nitrogens with zero attached hydrogens (tertiary/aromatic N) is 1. The van der Waals surface area contributed by atoms with Crippen molar-refractivity contribution in [3.8, 4) is 22.3 Å². The molecule has 0 bridgehead atoms. The minimum atomic E-state index is 0.866. The average Bonchev–Trinajstić information content (AvgIpc) is 3.80. The van der Waals surface area contributed by atoms with Gasteiger partial charge in [0.25, 0.3) is 0 Å². The van der Waals surface area contributed by atoms with E-state index in [0.717, 1.165) is 72.1 Å². The van der Waals surface area contributed by atoms with Crippen LogP contribution in [0.1, 0.15) is 0 Å². The Morgan fingerprint density at radius 3 is 1.55 bits per heavy atom. The fourth-order valence-electron chi connectivity index (χ4n) is 8.08. The zero-order valence-corrected chi connectivity index (χ0v) is 28.7. The van der Waals surface area contributed by atoms with Crippen molar-refractivity contribution in [1.29, 1.82) is 0 Å². The van der Waals surface area contributed by atoms with Crippen LogP contribution < -0.4 is 4.90 Å². The second-order valence-electron chi connectivity index (χ2n) is 13.7. The van der Waals surface area contributed by atoms with Crippen LogP contribution in [0.25, 0.3) is 87.7 Å². The Hall–Kier alpha value is -7.10. The van der Waals surface area contributed by atoms with Gasteiger partial charge >= 0.3 is 0 Å². The molecule has 3 heteroatoms. The molecule has 0 saturated carbocycles. The van der Waals surface area contributed by atoms with Crippen molar-refractivity contribution in [3.05, 3.63) is 188 Å². The predicted octanol–water partition coefficient (Wildman–Crippen LogP) is 14.6. The second kappa shape index (κ2) is 11.7. The highest BCUT2D eigenvalue weighted by Gasteiger charge is 2.18. The summed E-state index contributed by atoms with van der Waals surface area (Å²) < 4.78 is 12.7. The molecule has 2 aromatic heterocycles. The summed E-state index contributed by atoms with van der Waals surface area (Å²) in [4.78, 5) is 2.31. The Bertz CT molecular complexity index is 3150. The third kappa shape index (κ3) is 4.82. The van der Waals surface area contributed by atoms with Gasteiger partial charge in [-0.15, -0.1) is 0 Å². The van der Waals surface area contributed by atoms with Crippen LogP contribution in [-0.2, 0) is 0 Å². The summed E-state index contributed by atoms with van der Waals surface area (Å²) in [5, 5.41) is 9.39. The Balaban J connectivity index is 1.03. The fourth-order valence-corrected chi connectivity index (χ4v) is 8.08. The summed E-state index contributed by atoms with van der Waals surface area (Å²) in [7, 11) is 0. The largest absolute Gasteiger partial charge is 0.456 e. The minimum absolute atomic E-state index is 0.866. The number of hydrogen-bond donors (Lipinski definition) is 0. The Kier molecular flexibility index (Phi) is 6.55. The molecule has 0 atom stereocenters. The van der Waals surface area contributed by atoms with Crippen LogP contribution in [0, 0.1) is 0 Å².